The van der Waals surface area contributed by atoms with Crippen LogP contribution in [0.1, 0.15) is 29.5 Å². The van der Waals surface area contributed by atoms with Crippen LogP contribution >= 0.6 is 11.6 Å². The maximum absolute atomic E-state index is 11.9. The highest BCUT2D eigenvalue weighted by atomic mass is 35.5. The topological polar surface area (TPSA) is 88.1 Å². The molecule has 7 nitrogen and oxygen atoms in total. The lowest BCUT2D eigenvalue weighted by Crippen LogP contribution is -2.53. The average Bonchev–Trinajstić information content (AvgIpc) is 2.98. The smallest absolute Gasteiger partial charge is 0.450 e. The third-order valence-corrected chi connectivity index (χ3v) is 5.93. The summed E-state index contributed by atoms with van der Waals surface area (Å²) in [7, 11) is 1.63. The van der Waals surface area contributed by atoms with Crippen molar-refractivity contribution in [3.05, 3.63) is 39.4 Å². The predicted octanol–water partition coefficient (Wildman–Crippen LogP) is 2.97. The molecule has 28 heavy (non-hydrogen) atoms. The Morgan fingerprint density at radius 1 is 1.32 bits per heavy atom. The molecule has 1 unspecified atom stereocenters. The van der Waals surface area contributed by atoms with Gasteiger partial charge in [-0.25, -0.2) is 4.79 Å². The number of carbonyl (C=O) groups is 2. The second-order valence-corrected chi connectivity index (χ2v) is 7.73. The maximum Gasteiger partial charge on any atom is 0.506 e. The number of nitrogens with one attached hydrogen (secondary N) is 1. The van der Waals surface area contributed by atoms with Gasteiger partial charge in [0, 0.05) is 35.8 Å². The van der Waals surface area contributed by atoms with E-state index in [1.54, 1.807) is 7.11 Å². The molecule has 1 spiro atoms. The Morgan fingerprint density at radius 2 is 1.93 bits per heavy atom. The molecule has 1 atom stereocenters. The number of hydrogen-bond acceptors (Lipinski definition) is 6. The first-order valence-electron chi connectivity index (χ1n) is 9.21. The molecule has 8 heteroatoms. The van der Waals surface area contributed by atoms with Crippen LogP contribution in [0.15, 0.2) is 17.7 Å². The summed E-state index contributed by atoms with van der Waals surface area (Å²) in [6, 6.07) is 3.75. The van der Waals surface area contributed by atoms with Gasteiger partial charge in [0.25, 0.3) is 0 Å². The van der Waals surface area contributed by atoms with E-state index in [1.807, 2.05) is 31.0 Å². The molecule has 3 rings (SSSR count). The normalized spacial score (nSPS) is 20.4. The monoisotopic (exact) mass is 408 g/mol. The van der Waals surface area contributed by atoms with Crippen LogP contribution in [0.25, 0.3) is 5.57 Å². The van der Waals surface area contributed by atoms with Crippen molar-refractivity contribution in [1.29, 1.82) is 0 Å². The molecule has 1 aromatic rings. The predicted molar refractivity (Wildman–Crippen MR) is 105 cm³/mol. The van der Waals surface area contributed by atoms with Crippen molar-refractivity contribution in [2.24, 2.45) is 0 Å². The molecule has 2 aliphatic rings. The van der Waals surface area contributed by atoms with Crippen LogP contribution < -0.4 is 5.32 Å². The second kappa shape index (κ2) is 8.21. The Labute approximate surface area is 169 Å². The molecule has 0 aliphatic carbocycles. The van der Waals surface area contributed by atoms with Crippen LogP contribution in [0.2, 0.25) is 5.02 Å². The van der Waals surface area contributed by atoms with Gasteiger partial charge in [-0.15, -0.1) is 0 Å². The van der Waals surface area contributed by atoms with Crippen LogP contribution in [0, 0.1) is 13.8 Å². The number of hydroxylamine groups is 2. The zero-order valence-electron chi connectivity index (χ0n) is 16.3. The summed E-state index contributed by atoms with van der Waals surface area (Å²) in [5.74, 6) is 0. The van der Waals surface area contributed by atoms with Gasteiger partial charge in [0.05, 0.1) is 7.11 Å². The molecule has 2 N–H and O–H groups in total. The molecule has 2 heterocycles. The number of halogens is 1. The number of aldehydes is 1. The van der Waals surface area contributed by atoms with Crippen molar-refractivity contribution < 1.29 is 24.3 Å². The molecule has 152 valence electrons. The van der Waals surface area contributed by atoms with E-state index in [0.29, 0.717) is 49.4 Å². The lowest BCUT2D eigenvalue weighted by atomic mass is 9.77. The van der Waals surface area contributed by atoms with Crippen LogP contribution in [-0.4, -0.2) is 61.0 Å². The first-order valence-corrected chi connectivity index (χ1v) is 9.58. The Balaban J connectivity index is 2.15. The molecular weight excluding hydrogens is 384 g/mol. The molecule has 0 radical (unpaired) electrons. The molecule has 1 fully saturated rings. The summed E-state index contributed by atoms with van der Waals surface area (Å²) < 4.78 is 5.00. The minimum absolute atomic E-state index is 0.510. The van der Waals surface area contributed by atoms with Gasteiger partial charge in [0.1, 0.15) is 0 Å². The molecule has 0 amide bonds. The van der Waals surface area contributed by atoms with Gasteiger partial charge in [0.2, 0.25) is 0 Å². The molecule has 1 aromatic carbocycles. The number of piperidine rings is 1. The molecule has 1 saturated heterocycles. The fraction of sp³-hybridized carbons (Fsp3) is 0.500. The minimum Gasteiger partial charge on any atom is -0.450 e. The maximum atomic E-state index is 11.9. The van der Waals surface area contributed by atoms with Crippen molar-refractivity contribution in [3.63, 3.8) is 0 Å². The number of carboxylic acid groups (broad SMARTS) is 1. The van der Waals surface area contributed by atoms with Crippen LogP contribution in [0.5, 0.6) is 0 Å². The van der Waals surface area contributed by atoms with Crippen LogP contribution in [-0.2, 0) is 14.4 Å². The number of aryl methyl sites for hydroxylation is 2. The first kappa shape index (κ1) is 20.8. The largest absolute Gasteiger partial charge is 0.506 e. The quantitative estimate of drug-likeness (QED) is 0.572. The molecular formula is C20H25ClN2O5. The zero-order chi connectivity index (χ0) is 20.5. The van der Waals surface area contributed by atoms with E-state index in [9.17, 15) is 14.7 Å². The van der Waals surface area contributed by atoms with Crippen molar-refractivity contribution in [2.45, 2.75) is 38.3 Å². The van der Waals surface area contributed by atoms with E-state index >= 15 is 0 Å². The number of nitrogens with zero attached hydrogens (tertiary/aromatic N) is 1. The van der Waals surface area contributed by atoms with Crippen molar-refractivity contribution in [3.8, 4) is 0 Å². The van der Waals surface area contributed by atoms with E-state index in [4.69, 9.17) is 21.2 Å². The summed E-state index contributed by atoms with van der Waals surface area (Å²) >= 11 is 6.19. The molecule has 0 saturated carbocycles. The average molecular weight is 409 g/mol. The van der Waals surface area contributed by atoms with Gasteiger partial charge >= 0.3 is 6.16 Å². The number of carbonyl (C=O) groups excluding carboxylic acids is 1. The summed E-state index contributed by atoms with van der Waals surface area (Å²) in [5.41, 5.74) is 4.05. The molecule has 2 aliphatic heterocycles. The summed E-state index contributed by atoms with van der Waals surface area (Å²) in [4.78, 5) is 28.4. The van der Waals surface area contributed by atoms with Crippen LogP contribution in [0.3, 0.4) is 0 Å². The van der Waals surface area contributed by atoms with E-state index in [-0.39, 0.29) is 0 Å². The number of benzene rings is 1. The highest BCUT2D eigenvalue weighted by molar-refractivity contribution is 6.30. The SMILES string of the molecule is CON1CCC2(CC1)NCC(c1c(C)cc(Cl)cc1C)=C2C(C=O)OC(=O)O. The second-order valence-electron chi connectivity index (χ2n) is 7.29. The Hall–Kier alpha value is -1.93. The van der Waals surface area contributed by atoms with Gasteiger partial charge in [-0.3, -0.25) is 4.79 Å². The number of rotatable bonds is 5. The third-order valence-electron chi connectivity index (χ3n) is 5.71. The molecule has 0 aromatic heterocycles. The Morgan fingerprint density at radius 3 is 2.43 bits per heavy atom. The third kappa shape index (κ3) is 3.80. The summed E-state index contributed by atoms with van der Waals surface area (Å²) in [6.45, 7) is 5.78. The van der Waals surface area contributed by atoms with Gasteiger partial charge in [-0.1, -0.05) is 11.6 Å². The number of hydrogen-bond donors (Lipinski definition) is 2. The van der Waals surface area contributed by atoms with Gasteiger partial charge in [0.15, 0.2) is 12.4 Å². The first-order chi connectivity index (χ1) is 13.3. The summed E-state index contributed by atoms with van der Waals surface area (Å²) in [6.07, 6.45) is -0.699. The Bertz CT molecular complexity index is 792. The minimum atomic E-state index is -1.47. The fourth-order valence-corrected chi connectivity index (χ4v) is 4.88. The van der Waals surface area contributed by atoms with Crippen molar-refractivity contribution >= 4 is 29.6 Å². The summed E-state index contributed by atoms with van der Waals surface area (Å²) in [5, 5.41) is 15.2. The van der Waals surface area contributed by atoms with Crippen molar-refractivity contribution in [1.82, 2.24) is 10.4 Å². The highest BCUT2D eigenvalue weighted by Gasteiger charge is 2.47. The van der Waals surface area contributed by atoms with Gasteiger partial charge < -0.3 is 20.0 Å². The van der Waals surface area contributed by atoms with Gasteiger partial charge in [-0.05, 0) is 61.1 Å². The fourth-order valence-electron chi connectivity index (χ4n) is 4.55. The Kier molecular flexibility index (Phi) is 6.09. The van der Waals surface area contributed by atoms with E-state index in [1.165, 1.54) is 0 Å². The van der Waals surface area contributed by atoms with E-state index in [0.717, 1.165) is 22.3 Å². The standard InChI is InChI=1S/C20H25ClN2O5/c1-12-8-14(21)9-13(2)17(12)15-10-22-20(4-6-23(27-3)7-5-20)18(15)16(11-24)28-19(25)26/h8-9,11,16,22H,4-7,10H2,1-3H3,(H,25,26). The van der Waals surface area contributed by atoms with E-state index < -0.39 is 17.8 Å². The van der Waals surface area contributed by atoms with Gasteiger partial charge in [-0.2, -0.15) is 5.06 Å². The highest BCUT2D eigenvalue weighted by Crippen LogP contribution is 2.43. The lowest BCUT2D eigenvalue weighted by molar-refractivity contribution is -0.150. The zero-order valence-corrected chi connectivity index (χ0v) is 17.0. The van der Waals surface area contributed by atoms with E-state index in [2.05, 4.69) is 5.32 Å². The number of ether oxygens (including phenoxy) is 1. The van der Waals surface area contributed by atoms with Crippen LogP contribution in [0.4, 0.5) is 4.79 Å². The molecule has 0 bridgehead atoms. The van der Waals surface area contributed by atoms with Crippen molar-refractivity contribution in [2.75, 3.05) is 26.7 Å². The lowest BCUT2D eigenvalue weighted by Gasteiger charge is -2.41.